The van der Waals surface area contributed by atoms with Crippen LogP contribution in [0.1, 0.15) is 11.1 Å². The van der Waals surface area contributed by atoms with Crippen LogP contribution in [0.15, 0.2) is 0 Å². The second kappa shape index (κ2) is 4.62. The predicted octanol–water partition coefficient (Wildman–Crippen LogP) is 5.13. The van der Waals surface area contributed by atoms with Crippen molar-refractivity contribution in [3.8, 4) is 0 Å². The van der Waals surface area contributed by atoms with Crippen molar-refractivity contribution < 1.29 is 35.1 Å². The number of halogens is 10. The van der Waals surface area contributed by atoms with E-state index in [1.54, 1.807) is 0 Å². The van der Waals surface area contributed by atoms with Gasteiger partial charge in [0.1, 0.15) is 11.1 Å². The lowest BCUT2D eigenvalue weighted by atomic mass is 10.1. The minimum absolute atomic E-state index is 1.49. The summed E-state index contributed by atoms with van der Waals surface area (Å²) in [5.74, 6) is -10.4. The first kappa shape index (κ1) is 15.7. The highest BCUT2D eigenvalue weighted by molar-refractivity contribution is 9.09. The predicted molar refractivity (Wildman–Crippen MR) is 51.9 cm³/mol. The number of rotatable bonds is 2. The van der Waals surface area contributed by atoms with Gasteiger partial charge in [0.15, 0.2) is 23.3 Å². The third-order valence-electron chi connectivity index (χ3n) is 1.83. The van der Waals surface area contributed by atoms with E-state index in [9.17, 15) is 35.1 Å². The van der Waals surface area contributed by atoms with Crippen LogP contribution in [0.25, 0.3) is 0 Å². The molecule has 102 valence electrons. The first-order valence-corrected chi connectivity index (χ1v) is 5.48. The summed E-state index contributed by atoms with van der Waals surface area (Å²) < 4.78 is 103. The van der Waals surface area contributed by atoms with Gasteiger partial charge in [0.05, 0.1) is 0 Å². The first-order valence-electron chi connectivity index (χ1n) is 3.89. The second-order valence-electron chi connectivity index (χ2n) is 3.00. The third-order valence-corrected chi connectivity index (χ3v) is 2.62. The molecular formula is C8Br2F8. The van der Waals surface area contributed by atoms with Crippen LogP contribution in [-0.4, -0.2) is 0 Å². The Bertz CT molecular complexity index is 413. The molecule has 0 nitrogen and oxygen atoms in total. The van der Waals surface area contributed by atoms with Gasteiger partial charge in [-0.25, -0.2) is 17.6 Å². The summed E-state index contributed by atoms with van der Waals surface area (Å²) in [7, 11) is 0. The average Bonchev–Trinajstić information content (AvgIpc) is 2.10. The van der Waals surface area contributed by atoms with Crippen LogP contribution in [0.2, 0.25) is 0 Å². The molecule has 1 aromatic carbocycles. The normalized spacial score (nSPS) is 13.0. The maximum absolute atomic E-state index is 13.1. The van der Waals surface area contributed by atoms with Gasteiger partial charge in [-0.2, -0.15) is 17.6 Å². The molecule has 0 aromatic heterocycles. The van der Waals surface area contributed by atoms with Gasteiger partial charge in [-0.3, -0.25) is 0 Å². The molecule has 10 heteroatoms. The fraction of sp³-hybridized carbons (Fsp3) is 0.250. The molecular weight excluding hydrogens is 408 g/mol. The topological polar surface area (TPSA) is 0 Å². The summed E-state index contributed by atoms with van der Waals surface area (Å²) >= 11 is 2.97. The molecule has 0 amide bonds. The Balaban J connectivity index is 3.79. The van der Waals surface area contributed by atoms with Gasteiger partial charge < -0.3 is 0 Å². The molecule has 0 radical (unpaired) electrons. The maximum atomic E-state index is 13.1. The number of hydrogen-bond acceptors (Lipinski definition) is 0. The molecule has 0 atom stereocenters. The molecule has 0 aliphatic heterocycles. The van der Waals surface area contributed by atoms with E-state index in [1.807, 2.05) is 0 Å². The minimum atomic E-state index is -4.46. The lowest BCUT2D eigenvalue weighted by molar-refractivity contribution is 0.0904. The van der Waals surface area contributed by atoms with Gasteiger partial charge >= 0.3 is 9.66 Å². The summed E-state index contributed by atoms with van der Waals surface area (Å²) in [4.78, 5) is -8.91. The van der Waals surface area contributed by atoms with Crippen molar-refractivity contribution in [2.45, 2.75) is 9.66 Å². The summed E-state index contributed by atoms with van der Waals surface area (Å²) in [6.07, 6.45) is 0. The Morgan fingerprint density at radius 3 is 0.833 bits per heavy atom. The van der Waals surface area contributed by atoms with Crippen molar-refractivity contribution in [2.24, 2.45) is 0 Å². The molecule has 1 aromatic rings. The van der Waals surface area contributed by atoms with E-state index in [-0.39, 0.29) is 0 Å². The molecule has 18 heavy (non-hydrogen) atoms. The SMILES string of the molecule is Fc1c(F)c(C(F)(F)Br)c(F)c(F)c1C(F)(F)Br. The summed E-state index contributed by atoms with van der Waals surface area (Å²) in [6.45, 7) is 0. The molecule has 0 saturated heterocycles. The Labute approximate surface area is 111 Å². The van der Waals surface area contributed by atoms with E-state index in [1.165, 1.54) is 31.9 Å². The van der Waals surface area contributed by atoms with Crippen molar-refractivity contribution in [1.29, 1.82) is 0 Å². The molecule has 0 aliphatic carbocycles. The Hall–Kier alpha value is -0.380. The molecule has 0 heterocycles. The first-order chi connectivity index (χ1) is 7.89. The van der Waals surface area contributed by atoms with Gasteiger partial charge in [-0.15, -0.1) is 0 Å². The molecule has 1 rings (SSSR count). The average molecular weight is 408 g/mol. The standard InChI is InChI=1S/C8Br2F8/c9-7(15,16)1-3(11)5(13)2(8(10,17)18)6(14)4(1)12. The zero-order valence-corrected chi connectivity index (χ0v) is 11.0. The van der Waals surface area contributed by atoms with Crippen molar-refractivity contribution in [3.63, 3.8) is 0 Å². The molecule has 0 spiro atoms. The summed E-state index contributed by atoms with van der Waals surface area (Å²) in [5, 5.41) is 0. The molecule has 0 aliphatic rings. The highest BCUT2D eigenvalue weighted by atomic mass is 79.9. The quantitative estimate of drug-likeness (QED) is 0.362. The van der Waals surface area contributed by atoms with Crippen LogP contribution in [-0.2, 0) is 9.66 Å². The Morgan fingerprint density at radius 2 is 0.722 bits per heavy atom. The smallest absolute Gasteiger partial charge is 0.203 e. The zero-order valence-electron chi connectivity index (χ0n) is 7.78. The maximum Gasteiger partial charge on any atom is 0.332 e. The highest BCUT2D eigenvalue weighted by Gasteiger charge is 2.45. The van der Waals surface area contributed by atoms with E-state index >= 15 is 0 Å². The van der Waals surface area contributed by atoms with Crippen LogP contribution in [0, 0.1) is 23.3 Å². The van der Waals surface area contributed by atoms with E-state index in [2.05, 4.69) is 0 Å². The third kappa shape index (κ3) is 2.63. The second-order valence-corrected chi connectivity index (χ2v) is 4.99. The van der Waals surface area contributed by atoms with E-state index in [0.717, 1.165) is 0 Å². The fourth-order valence-corrected chi connectivity index (χ4v) is 1.83. The van der Waals surface area contributed by atoms with Crippen LogP contribution in [0.4, 0.5) is 35.1 Å². The van der Waals surface area contributed by atoms with Crippen LogP contribution < -0.4 is 0 Å². The summed E-state index contributed by atoms with van der Waals surface area (Å²) in [5.41, 5.74) is -4.64. The van der Waals surface area contributed by atoms with Crippen LogP contribution >= 0.6 is 31.9 Å². The van der Waals surface area contributed by atoms with Gasteiger partial charge in [0.25, 0.3) is 0 Å². The van der Waals surface area contributed by atoms with E-state index < -0.39 is 44.1 Å². The lowest BCUT2D eigenvalue weighted by Gasteiger charge is -2.17. The molecule has 0 saturated carbocycles. The summed E-state index contributed by atoms with van der Waals surface area (Å²) in [6, 6.07) is 0. The highest BCUT2D eigenvalue weighted by Crippen LogP contribution is 2.45. The Morgan fingerprint density at radius 1 is 0.556 bits per heavy atom. The Kier molecular flexibility index (Phi) is 4.03. The van der Waals surface area contributed by atoms with Gasteiger partial charge in [-0.05, 0) is 31.9 Å². The minimum Gasteiger partial charge on any atom is -0.203 e. The van der Waals surface area contributed by atoms with Gasteiger partial charge in [0.2, 0.25) is 0 Å². The van der Waals surface area contributed by atoms with Crippen molar-refractivity contribution in [1.82, 2.24) is 0 Å². The van der Waals surface area contributed by atoms with Crippen molar-refractivity contribution >= 4 is 31.9 Å². The molecule has 0 fully saturated rings. The number of hydrogen-bond donors (Lipinski definition) is 0. The van der Waals surface area contributed by atoms with Crippen LogP contribution in [0.5, 0.6) is 0 Å². The largest absolute Gasteiger partial charge is 0.332 e. The van der Waals surface area contributed by atoms with Crippen molar-refractivity contribution in [2.75, 3.05) is 0 Å². The van der Waals surface area contributed by atoms with Gasteiger partial charge in [0, 0.05) is 0 Å². The molecule has 0 bridgehead atoms. The molecule has 0 N–H and O–H groups in total. The van der Waals surface area contributed by atoms with E-state index in [0.29, 0.717) is 0 Å². The van der Waals surface area contributed by atoms with E-state index in [4.69, 9.17) is 0 Å². The fourth-order valence-electron chi connectivity index (χ4n) is 1.13. The number of alkyl halides is 6. The number of benzene rings is 1. The van der Waals surface area contributed by atoms with Gasteiger partial charge in [-0.1, -0.05) is 0 Å². The monoisotopic (exact) mass is 406 g/mol. The lowest BCUT2D eigenvalue weighted by Crippen LogP contribution is -2.19. The molecule has 0 unspecified atom stereocenters. The van der Waals surface area contributed by atoms with Crippen LogP contribution in [0.3, 0.4) is 0 Å². The van der Waals surface area contributed by atoms with Crippen molar-refractivity contribution in [3.05, 3.63) is 34.4 Å². The zero-order chi connectivity index (χ0) is 14.5.